The van der Waals surface area contributed by atoms with E-state index in [2.05, 4.69) is 144 Å². The first-order valence-corrected chi connectivity index (χ1v) is 13.7. The largest absolute Gasteiger partial charge is 0.456 e. The minimum Gasteiger partial charge on any atom is -0.456 e. The van der Waals surface area contributed by atoms with E-state index in [4.69, 9.17) is 4.74 Å². The van der Waals surface area contributed by atoms with Gasteiger partial charge in [-0.25, -0.2) is 0 Å². The molecule has 1 aliphatic heterocycles. The average molecular weight is 510 g/mol. The first-order valence-electron chi connectivity index (χ1n) is 13.7. The van der Waals surface area contributed by atoms with Crippen LogP contribution >= 0.6 is 0 Å². The highest BCUT2D eigenvalue weighted by Crippen LogP contribution is 2.48. The number of ether oxygens (including phenoxy) is 1. The topological polar surface area (TPSA) is 14.2 Å². The van der Waals surface area contributed by atoms with E-state index in [0.29, 0.717) is 0 Å². The molecular weight excluding hydrogens is 486 g/mol. The van der Waals surface area contributed by atoms with Crippen molar-refractivity contribution in [3.8, 4) is 39.4 Å². The van der Waals surface area contributed by atoms with Crippen LogP contribution in [0.15, 0.2) is 140 Å². The summed E-state index contributed by atoms with van der Waals surface area (Å²) >= 11 is 0. The van der Waals surface area contributed by atoms with Crippen LogP contribution in [0.25, 0.3) is 71.3 Å². The molecule has 7 aromatic carbocycles. The summed E-state index contributed by atoms with van der Waals surface area (Å²) in [5.41, 5.74) is 8.29. The summed E-state index contributed by atoms with van der Waals surface area (Å²) in [7, 11) is 0. The van der Waals surface area contributed by atoms with Gasteiger partial charge in [0.15, 0.2) is 0 Å². The van der Waals surface area contributed by atoms with E-state index in [1.807, 2.05) is 0 Å². The first-order chi connectivity index (χ1) is 19.8. The van der Waals surface area contributed by atoms with Crippen LogP contribution in [0, 0.1) is 0 Å². The van der Waals surface area contributed by atoms with E-state index in [0.717, 1.165) is 17.1 Å². The lowest BCUT2D eigenvalue weighted by atomic mass is 9.92. The van der Waals surface area contributed by atoms with Crippen molar-refractivity contribution >= 4 is 43.4 Å². The second-order valence-electron chi connectivity index (χ2n) is 10.6. The van der Waals surface area contributed by atoms with Crippen molar-refractivity contribution in [1.29, 1.82) is 0 Å². The molecule has 2 heterocycles. The van der Waals surface area contributed by atoms with Gasteiger partial charge in [0.1, 0.15) is 11.5 Å². The maximum Gasteiger partial charge on any atom is 0.135 e. The predicted molar refractivity (Wildman–Crippen MR) is 167 cm³/mol. The van der Waals surface area contributed by atoms with Gasteiger partial charge in [-0.1, -0.05) is 97.1 Å². The quantitative estimate of drug-likeness (QED) is 0.226. The van der Waals surface area contributed by atoms with Gasteiger partial charge in [0, 0.05) is 27.3 Å². The number of hydrogen-bond acceptors (Lipinski definition) is 1. The molecule has 1 aliphatic rings. The Morgan fingerprint density at radius 1 is 0.425 bits per heavy atom. The van der Waals surface area contributed by atoms with Gasteiger partial charge in [-0.05, 0) is 69.8 Å². The molecule has 1 aromatic heterocycles. The SMILES string of the molecule is c1ccc(-n2c3ccccc3c3cc4ccccc4cc32)c(-c2ccc3c(c2)-c2cccc4cccc(c24)O3)c1. The number of hydrogen-bond donors (Lipinski definition) is 0. The van der Waals surface area contributed by atoms with Crippen molar-refractivity contribution in [1.82, 2.24) is 4.57 Å². The highest BCUT2D eigenvalue weighted by atomic mass is 16.5. The lowest BCUT2D eigenvalue weighted by molar-refractivity contribution is 0.487. The number of para-hydroxylation sites is 2. The van der Waals surface area contributed by atoms with E-state index in [1.54, 1.807) is 0 Å². The fourth-order valence-electron chi connectivity index (χ4n) is 6.56. The van der Waals surface area contributed by atoms with Crippen LogP contribution in [-0.2, 0) is 0 Å². The molecule has 0 fully saturated rings. The van der Waals surface area contributed by atoms with Gasteiger partial charge in [0.25, 0.3) is 0 Å². The summed E-state index contributed by atoms with van der Waals surface area (Å²) in [5.74, 6) is 1.82. The standard InChI is InChI=1S/C38H23NO/c1-2-10-26-23-35-31(21-25(26)9-1)29-14-4-6-17-34(29)39(35)33-16-5-3-13-28(33)27-19-20-36-32(22-27)30-15-7-11-24-12-8-18-37(40-36)38(24)30/h1-23H. The van der Waals surface area contributed by atoms with E-state index in [-0.39, 0.29) is 0 Å². The molecule has 2 nitrogen and oxygen atoms in total. The van der Waals surface area contributed by atoms with E-state index in [1.165, 1.54) is 65.7 Å². The molecule has 0 saturated carbocycles. The minimum atomic E-state index is 0.899. The molecule has 0 radical (unpaired) electrons. The Balaban J connectivity index is 1.32. The van der Waals surface area contributed by atoms with Gasteiger partial charge in [0.2, 0.25) is 0 Å². The molecule has 0 atom stereocenters. The number of fused-ring (bicyclic) bond motifs is 6. The third kappa shape index (κ3) is 2.99. The van der Waals surface area contributed by atoms with Gasteiger partial charge < -0.3 is 9.30 Å². The number of benzene rings is 7. The zero-order valence-corrected chi connectivity index (χ0v) is 21.6. The molecule has 0 bridgehead atoms. The van der Waals surface area contributed by atoms with Crippen LogP contribution in [-0.4, -0.2) is 4.57 Å². The van der Waals surface area contributed by atoms with Crippen LogP contribution in [0.5, 0.6) is 11.5 Å². The molecular formula is C38H23NO. The molecule has 9 rings (SSSR count). The highest BCUT2D eigenvalue weighted by Gasteiger charge is 2.22. The van der Waals surface area contributed by atoms with E-state index in [9.17, 15) is 0 Å². The maximum absolute atomic E-state index is 6.39. The van der Waals surface area contributed by atoms with Crippen molar-refractivity contribution in [2.75, 3.05) is 0 Å². The minimum absolute atomic E-state index is 0.899. The first kappa shape index (κ1) is 21.6. The smallest absolute Gasteiger partial charge is 0.135 e. The second kappa shape index (κ2) is 8.08. The summed E-state index contributed by atoms with van der Waals surface area (Å²) in [6.45, 7) is 0. The summed E-state index contributed by atoms with van der Waals surface area (Å²) in [4.78, 5) is 0. The van der Waals surface area contributed by atoms with Gasteiger partial charge in [-0.3, -0.25) is 0 Å². The van der Waals surface area contributed by atoms with E-state index >= 15 is 0 Å². The molecule has 186 valence electrons. The molecule has 0 amide bonds. The van der Waals surface area contributed by atoms with Gasteiger partial charge in [-0.2, -0.15) is 0 Å². The lowest BCUT2D eigenvalue weighted by Gasteiger charge is -2.22. The predicted octanol–water partition coefficient (Wildman–Crippen LogP) is 10.5. The molecule has 0 saturated heterocycles. The van der Waals surface area contributed by atoms with Crippen LogP contribution in [0.2, 0.25) is 0 Å². The molecule has 0 unspecified atom stereocenters. The van der Waals surface area contributed by atoms with Crippen LogP contribution in [0.4, 0.5) is 0 Å². The van der Waals surface area contributed by atoms with Crippen LogP contribution in [0.3, 0.4) is 0 Å². The normalized spacial score (nSPS) is 12.2. The van der Waals surface area contributed by atoms with E-state index < -0.39 is 0 Å². The molecule has 0 aliphatic carbocycles. The van der Waals surface area contributed by atoms with Crippen LogP contribution < -0.4 is 4.74 Å². The Hall–Kier alpha value is -5.34. The number of rotatable bonds is 2. The van der Waals surface area contributed by atoms with Gasteiger partial charge >= 0.3 is 0 Å². The lowest BCUT2D eigenvalue weighted by Crippen LogP contribution is -1.99. The summed E-state index contributed by atoms with van der Waals surface area (Å²) in [6.07, 6.45) is 0. The Kier molecular flexibility index (Phi) is 4.36. The molecule has 40 heavy (non-hydrogen) atoms. The maximum atomic E-state index is 6.39. The third-order valence-corrected chi connectivity index (χ3v) is 8.35. The Labute approximate surface area is 231 Å². The van der Waals surface area contributed by atoms with Crippen molar-refractivity contribution in [2.24, 2.45) is 0 Å². The summed E-state index contributed by atoms with van der Waals surface area (Å²) in [5, 5.41) is 7.41. The molecule has 8 aromatic rings. The van der Waals surface area contributed by atoms with Crippen LogP contribution in [0.1, 0.15) is 0 Å². The molecule has 2 heteroatoms. The van der Waals surface area contributed by atoms with Crippen molar-refractivity contribution < 1.29 is 4.74 Å². The molecule has 0 spiro atoms. The monoisotopic (exact) mass is 509 g/mol. The van der Waals surface area contributed by atoms with Crippen molar-refractivity contribution in [2.45, 2.75) is 0 Å². The summed E-state index contributed by atoms with van der Waals surface area (Å²) in [6, 6.07) is 50.1. The number of nitrogens with zero attached hydrogens (tertiary/aromatic N) is 1. The van der Waals surface area contributed by atoms with Crippen molar-refractivity contribution in [3.05, 3.63) is 140 Å². The fourth-order valence-corrected chi connectivity index (χ4v) is 6.56. The zero-order chi connectivity index (χ0) is 26.2. The van der Waals surface area contributed by atoms with Crippen molar-refractivity contribution in [3.63, 3.8) is 0 Å². The molecule has 0 N–H and O–H groups in total. The second-order valence-corrected chi connectivity index (χ2v) is 10.6. The Morgan fingerprint density at radius 2 is 1.15 bits per heavy atom. The Morgan fingerprint density at radius 3 is 2.08 bits per heavy atom. The number of aromatic nitrogens is 1. The highest BCUT2D eigenvalue weighted by molar-refractivity contribution is 6.14. The zero-order valence-electron chi connectivity index (χ0n) is 21.6. The average Bonchev–Trinajstić information content (AvgIpc) is 3.33. The van der Waals surface area contributed by atoms with Gasteiger partial charge in [0.05, 0.1) is 16.7 Å². The fraction of sp³-hybridized carbons (Fsp3) is 0. The van der Waals surface area contributed by atoms with Gasteiger partial charge in [-0.15, -0.1) is 0 Å². The third-order valence-electron chi connectivity index (χ3n) is 8.35. The summed E-state index contributed by atoms with van der Waals surface area (Å²) < 4.78 is 8.82. The Bertz CT molecular complexity index is 2300.